The standard InChI is InChI=1S/C30H36Cl2N6O6S/c1-30(2,3)44-29(39)37-12-10-36(11-13-37)9-7-8-19-17-38-26-18(16-33-28(35-26)45(6,40)41)14-20(27(38)34-19)23-24(31)21(42-4)15-22(43-5)25(23)32/h14-17H,7-13H2,1-6H3. The van der Waals surface area contributed by atoms with Crippen LogP contribution >= 0.6 is 23.2 Å². The van der Waals surface area contributed by atoms with Crippen molar-refractivity contribution in [1.29, 1.82) is 0 Å². The van der Waals surface area contributed by atoms with Crippen LogP contribution in [0.25, 0.3) is 27.8 Å². The largest absolute Gasteiger partial charge is 0.495 e. The van der Waals surface area contributed by atoms with Gasteiger partial charge in [-0.25, -0.2) is 23.2 Å². The molecular formula is C30H36Cl2N6O6S. The molecule has 5 rings (SSSR count). The predicted molar refractivity (Wildman–Crippen MR) is 173 cm³/mol. The third-order valence-corrected chi connectivity index (χ3v) is 9.01. The number of methoxy groups -OCH3 is 2. The number of aromatic nitrogens is 4. The van der Waals surface area contributed by atoms with E-state index in [1.165, 1.54) is 20.4 Å². The van der Waals surface area contributed by atoms with Gasteiger partial charge in [0, 0.05) is 67.4 Å². The van der Waals surface area contributed by atoms with E-state index in [2.05, 4.69) is 14.9 Å². The monoisotopic (exact) mass is 678 g/mol. The fourth-order valence-electron chi connectivity index (χ4n) is 5.23. The molecule has 15 heteroatoms. The molecule has 3 aromatic heterocycles. The van der Waals surface area contributed by atoms with Crippen molar-refractivity contribution in [3.63, 3.8) is 0 Å². The lowest BCUT2D eigenvalue weighted by atomic mass is 10.0. The number of sulfone groups is 1. The summed E-state index contributed by atoms with van der Waals surface area (Å²) in [6.45, 7) is 9.10. The molecule has 0 N–H and O–H groups in total. The molecule has 0 unspecified atom stereocenters. The lowest BCUT2D eigenvalue weighted by Gasteiger charge is -2.35. The lowest BCUT2D eigenvalue weighted by molar-refractivity contribution is 0.0144. The Bertz CT molecular complexity index is 1840. The molecule has 1 aliphatic rings. The average molecular weight is 680 g/mol. The van der Waals surface area contributed by atoms with Gasteiger partial charge in [0.1, 0.15) is 22.7 Å². The fraction of sp³-hybridized carbons (Fsp3) is 0.467. The second kappa shape index (κ2) is 12.8. The third kappa shape index (κ3) is 7.06. The molecule has 1 fully saturated rings. The van der Waals surface area contributed by atoms with Gasteiger partial charge in [0.2, 0.25) is 15.0 Å². The number of carbonyl (C=O) groups excluding carboxylic acids is 1. The molecule has 45 heavy (non-hydrogen) atoms. The number of nitrogens with zero attached hydrogens (tertiary/aromatic N) is 6. The summed E-state index contributed by atoms with van der Waals surface area (Å²) in [5.41, 5.74) is 2.15. The number of pyridine rings is 1. The van der Waals surface area contributed by atoms with E-state index in [9.17, 15) is 13.2 Å². The van der Waals surface area contributed by atoms with E-state index < -0.39 is 15.4 Å². The highest BCUT2D eigenvalue weighted by molar-refractivity contribution is 7.90. The van der Waals surface area contributed by atoms with Crippen LogP contribution in [-0.2, 0) is 21.0 Å². The number of aryl methyl sites for hydroxylation is 1. The van der Waals surface area contributed by atoms with Crippen LogP contribution < -0.4 is 9.47 Å². The zero-order chi connectivity index (χ0) is 32.7. The van der Waals surface area contributed by atoms with Crippen molar-refractivity contribution in [1.82, 2.24) is 29.2 Å². The SMILES string of the molecule is COc1cc(OC)c(Cl)c(-c2cc3cnc(S(C)(=O)=O)nc3n3cc(CCCN4CCN(C(=O)OC(C)(C)C)CC4)nc23)c1Cl. The Morgan fingerprint density at radius 3 is 2.20 bits per heavy atom. The Morgan fingerprint density at radius 2 is 1.62 bits per heavy atom. The van der Waals surface area contributed by atoms with Gasteiger partial charge in [-0.1, -0.05) is 23.2 Å². The number of piperazine rings is 1. The highest BCUT2D eigenvalue weighted by Crippen LogP contribution is 2.47. The number of amides is 1. The molecule has 0 bridgehead atoms. The number of hydrogen-bond acceptors (Lipinski definition) is 10. The van der Waals surface area contributed by atoms with Crippen molar-refractivity contribution in [2.24, 2.45) is 0 Å². The highest BCUT2D eigenvalue weighted by Gasteiger charge is 2.27. The van der Waals surface area contributed by atoms with E-state index in [4.69, 9.17) is 42.4 Å². The van der Waals surface area contributed by atoms with E-state index in [1.54, 1.807) is 21.4 Å². The molecule has 0 aliphatic carbocycles. The first kappa shape index (κ1) is 33.0. The molecule has 0 atom stereocenters. The van der Waals surface area contributed by atoms with E-state index in [0.717, 1.165) is 38.0 Å². The van der Waals surface area contributed by atoms with Gasteiger partial charge in [0.25, 0.3) is 0 Å². The Balaban J connectivity index is 1.46. The van der Waals surface area contributed by atoms with Crippen LogP contribution in [0.15, 0.2) is 29.7 Å². The highest BCUT2D eigenvalue weighted by atomic mass is 35.5. The minimum atomic E-state index is -3.66. The zero-order valence-corrected chi connectivity index (χ0v) is 28.4. The Hall–Kier alpha value is -3.39. The molecule has 242 valence electrons. The van der Waals surface area contributed by atoms with Gasteiger partial charge < -0.3 is 19.1 Å². The normalized spacial score (nSPS) is 14.7. The Kier molecular flexibility index (Phi) is 9.37. The summed E-state index contributed by atoms with van der Waals surface area (Å²) in [5.74, 6) is 0.738. The second-order valence-electron chi connectivity index (χ2n) is 11.9. The summed E-state index contributed by atoms with van der Waals surface area (Å²) in [4.78, 5) is 29.9. The molecule has 4 heterocycles. The number of fused-ring (bicyclic) bond motifs is 3. The van der Waals surface area contributed by atoms with Gasteiger partial charge in [-0.3, -0.25) is 9.30 Å². The van der Waals surface area contributed by atoms with E-state index in [1.807, 2.05) is 27.0 Å². The maximum atomic E-state index is 12.4. The first-order valence-corrected chi connectivity index (χ1v) is 17.0. The van der Waals surface area contributed by atoms with Crippen molar-refractivity contribution < 1.29 is 27.4 Å². The number of ether oxygens (including phenoxy) is 3. The van der Waals surface area contributed by atoms with Crippen LogP contribution in [-0.4, -0.2) is 102 Å². The fourth-order valence-corrected chi connectivity index (χ4v) is 6.43. The van der Waals surface area contributed by atoms with Crippen LogP contribution in [0.2, 0.25) is 10.0 Å². The van der Waals surface area contributed by atoms with Gasteiger partial charge in [-0.05, 0) is 46.2 Å². The molecule has 4 aromatic rings. The molecular weight excluding hydrogens is 643 g/mol. The molecule has 0 saturated carbocycles. The number of hydrogen-bond donors (Lipinski definition) is 0. The first-order valence-electron chi connectivity index (χ1n) is 14.4. The predicted octanol–water partition coefficient (Wildman–Crippen LogP) is 5.16. The maximum absolute atomic E-state index is 12.4. The molecule has 0 radical (unpaired) electrons. The number of rotatable bonds is 8. The van der Waals surface area contributed by atoms with Gasteiger partial charge in [-0.15, -0.1) is 0 Å². The van der Waals surface area contributed by atoms with Crippen LogP contribution in [0.4, 0.5) is 4.79 Å². The van der Waals surface area contributed by atoms with Crippen LogP contribution in [0.1, 0.15) is 32.9 Å². The molecule has 1 saturated heterocycles. The van der Waals surface area contributed by atoms with Gasteiger partial charge in [-0.2, -0.15) is 4.98 Å². The first-order chi connectivity index (χ1) is 21.2. The van der Waals surface area contributed by atoms with E-state index >= 15 is 0 Å². The second-order valence-corrected chi connectivity index (χ2v) is 14.5. The van der Waals surface area contributed by atoms with Gasteiger partial charge in [0.05, 0.1) is 30.0 Å². The van der Waals surface area contributed by atoms with E-state index in [0.29, 0.717) is 58.8 Å². The molecule has 1 aliphatic heterocycles. The molecule has 1 amide bonds. The summed E-state index contributed by atoms with van der Waals surface area (Å²) in [6, 6.07) is 3.39. The summed E-state index contributed by atoms with van der Waals surface area (Å²) < 4.78 is 42.8. The molecule has 12 nitrogen and oxygen atoms in total. The summed E-state index contributed by atoms with van der Waals surface area (Å²) >= 11 is 13.6. The minimum absolute atomic E-state index is 0.272. The van der Waals surface area contributed by atoms with Crippen LogP contribution in [0.3, 0.4) is 0 Å². The average Bonchev–Trinajstić information content (AvgIpc) is 3.41. The Labute approximate surface area is 272 Å². The Morgan fingerprint density at radius 1 is 0.978 bits per heavy atom. The zero-order valence-electron chi connectivity index (χ0n) is 26.1. The summed E-state index contributed by atoms with van der Waals surface area (Å²) in [5, 5.41) is 0.816. The maximum Gasteiger partial charge on any atom is 0.410 e. The molecule has 0 spiro atoms. The quantitative estimate of drug-likeness (QED) is 0.231. The van der Waals surface area contributed by atoms with E-state index in [-0.39, 0.29) is 21.3 Å². The summed E-state index contributed by atoms with van der Waals surface area (Å²) in [7, 11) is -0.664. The van der Waals surface area contributed by atoms with Crippen LogP contribution in [0, 0.1) is 0 Å². The summed E-state index contributed by atoms with van der Waals surface area (Å²) in [6.07, 6.45) is 5.53. The van der Waals surface area contributed by atoms with Gasteiger partial charge >= 0.3 is 6.09 Å². The van der Waals surface area contributed by atoms with Crippen molar-refractivity contribution in [3.8, 4) is 22.6 Å². The number of carbonyl (C=O) groups is 1. The van der Waals surface area contributed by atoms with Crippen molar-refractivity contribution in [2.75, 3.05) is 53.2 Å². The minimum Gasteiger partial charge on any atom is -0.495 e. The van der Waals surface area contributed by atoms with Crippen molar-refractivity contribution in [2.45, 2.75) is 44.4 Å². The number of imidazole rings is 1. The number of benzene rings is 1. The van der Waals surface area contributed by atoms with Crippen molar-refractivity contribution >= 4 is 55.8 Å². The lowest BCUT2D eigenvalue weighted by Crippen LogP contribution is -2.50. The number of halogens is 2. The third-order valence-electron chi connectivity index (χ3n) is 7.40. The van der Waals surface area contributed by atoms with Gasteiger partial charge in [0.15, 0.2) is 5.65 Å². The topological polar surface area (TPSA) is 128 Å². The molecule has 1 aromatic carbocycles. The van der Waals surface area contributed by atoms with Crippen molar-refractivity contribution in [3.05, 3.63) is 40.3 Å². The van der Waals surface area contributed by atoms with Crippen LogP contribution in [0.5, 0.6) is 11.5 Å². The smallest absolute Gasteiger partial charge is 0.410 e.